The maximum Gasteiger partial charge on any atom is 0.261 e. The van der Waals surface area contributed by atoms with Crippen molar-refractivity contribution in [3.63, 3.8) is 0 Å². The number of pyridine rings is 1. The van der Waals surface area contributed by atoms with Gasteiger partial charge in [-0.25, -0.2) is 0 Å². The van der Waals surface area contributed by atoms with Crippen molar-refractivity contribution >= 4 is 29.0 Å². The van der Waals surface area contributed by atoms with E-state index < -0.39 is 17.3 Å². The van der Waals surface area contributed by atoms with Crippen molar-refractivity contribution < 1.29 is 14.7 Å². The van der Waals surface area contributed by atoms with E-state index in [-0.39, 0.29) is 12.1 Å². The number of halogens is 1. The first-order valence-corrected chi connectivity index (χ1v) is 6.66. The number of ketones is 1. The Hall–Kier alpha value is -2.24. The molecule has 1 amide bonds. The number of carbonyl (C=O) groups excluding carboxylic acids is 2. The van der Waals surface area contributed by atoms with E-state index in [1.165, 1.54) is 18.3 Å². The third-order valence-electron chi connectivity index (χ3n) is 3.42. The van der Waals surface area contributed by atoms with Gasteiger partial charge in [0, 0.05) is 22.5 Å². The molecule has 1 aromatic heterocycles. The number of Topliss-reactive ketones (excluding diaryl/α,β-unsaturated/α-hetero) is 1. The second-order valence-electron chi connectivity index (χ2n) is 4.82. The molecule has 0 spiro atoms. The standard InChI is InChI=1S/C15H11ClN2O3/c16-9-4-5-11-10(7-9)15(21,14(20)18-11)8-13(19)12-3-1-2-6-17-12/h1-7,21H,8H2,(H,18,20)/t15-/m1/s1. The van der Waals surface area contributed by atoms with Crippen LogP contribution in [0, 0.1) is 0 Å². The van der Waals surface area contributed by atoms with Gasteiger partial charge in [-0.15, -0.1) is 0 Å². The topological polar surface area (TPSA) is 79.3 Å². The molecule has 1 aliphatic heterocycles. The van der Waals surface area contributed by atoms with Gasteiger partial charge in [0.15, 0.2) is 11.4 Å². The van der Waals surface area contributed by atoms with Crippen LogP contribution in [0.4, 0.5) is 5.69 Å². The Kier molecular flexibility index (Phi) is 3.23. The Morgan fingerprint density at radius 3 is 2.86 bits per heavy atom. The summed E-state index contributed by atoms with van der Waals surface area (Å²) < 4.78 is 0. The van der Waals surface area contributed by atoms with Crippen LogP contribution in [-0.2, 0) is 10.4 Å². The summed E-state index contributed by atoms with van der Waals surface area (Å²) in [5.74, 6) is -1.05. The Morgan fingerprint density at radius 1 is 1.33 bits per heavy atom. The zero-order valence-electron chi connectivity index (χ0n) is 10.8. The van der Waals surface area contributed by atoms with Crippen LogP contribution in [0.25, 0.3) is 0 Å². The number of carbonyl (C=O) groups is 2. The number of amides is 1. The highest BCUT2D eigenvalue weighted by Crippen LogP contribution is 2.40. The Labute approximate surface area is 125 Å². The molecular weight excluding hydrogens is 292 g/mol. The van der Waals surface area contributed by atoms with Crippen LogP contribution >= 0.6 is 11.6 Å². The highest BCUT2D eigenvalue weighted by Gasteiger charge is 2.47. The first-order chi connectivity index (χ1) is 10.0. The number of aromatic nitrogens is 1. The third-order valence-corrected chi connectivity index (χ3v) is 3.65. The largest absolute Gasteiger partial charge is 0.375 e. The van der Waals surface area contributed by atoms with Crippen LogP contribution < -0.4 is 5.32 Å². The molecule has 0 saturated carbocycles. The second-order valence-corrected chi connectivity index (χ2v) is 5.26. The number of benzene rings is 1. The van der Waals surface area contributed by atoms with E-state index in [1.807, 2.05) is 0 Å². The van der Waals surface area contributed by atoms with Crippen LogP contribution in [0.3, 0.4) is 0 Å². The summed E-state index contributed by atoms with van der Waals surface area (Å²) in [7, 11) is 0. The van der Waals surface area contributed by atoms with E-state index in [0.717, 1.165) is 0 Å². The summed E-state index contributed by atoms with van der Waals surface area (Å²) in [6, 6.07) is 9.58. The first kappa shape index (κ1) is 13.7. The number of rotatable bonds is 3. The molecule has 6 heteroatoms. The summed E-state index contributed by atoms with van der Waals surface area (Å²) in [6.45, 7) is 0. The van der Waals surface area contributed by atoms with Gasteiger partial charge in [0.2, 0.25) is 0 Å². The zero-order chi connectivity index (χ0) is 15.0. The van der Waals surface area contributed by atoms with E-state index in [9.17, 15) is 14.7 Å². The number of hydrogen-bond acceptors (Lipinski definition) is 4. The first-order valence-electron chi connectivity index (χ1n) is 6.29. The molecule has 5 nitrogen and oxygen atoms in total. The summed E-state index contributed by atoms with van der Waals surface area (Å²) in [5.41, 5.74) is -0.950. The molecular formula is C15H11ClN2O3. The van der Waals surface area contributed by atoms with Crippen molar-refractivity contribution in [2.45, 2.75) is 12.0 Å². The van der Waals surface area contributed by atoms with E-state index in [1.54, 1.807) is 24.3 Å². The molecule has 0 saturated heterocycles. The SMILES string of the molecule is O=C(C[C@]1(O)C(=O)Nc2ccc(Cl)cc21)c1ccccn1. The molecule has 0 fully saturated rings. The van der Waals surface area contributed by atoms with Crippen LogP contribution in [0.15, 0.2) is 42.6 Å². The van der Waals surface area contributed by atoms with E-state index in [4.69, 9.17) is 11.6 Å². The highest BCUT2D eigenvalue weighted by atomic mass is 35.5. The Balaban J connectivity index is 1.97. The van der Waals surface area contributed by atoms with Gasteiger partial charge in [0.1, 0.15) is 5.69 Å². The molecule has 0 aliphatic carbocycles. The molecule has 21 heavy (non-hydrogen) atoms. The number of nitrogens with zero attached hydrogens (tertiary/aromatic N) is 1. The number of aliphatic hydroxyl groups is 1. The molecule has 3 rings (SSSR count). The smallest absolute Gasteiger partial charge is 0.261 e. The molecule has 2 aromatic rings. The molecule has 0 radical (unpaired) electrons. The number of fused-ring (bicyclic) bond motifs is 1. The average Bonchev–Trinajstić information content (AvgIpc) is 2.72. The van der Waals surface area contributed by atoms with Gasteiger partial charge in [-0.1, -0.05) is 17.7 Å². The van der Waals surface area contributed by atoms with E-state index in [0.29, 0.717) is 16.3 Å². The fourth-order valence-corrected chi connectivity index (χ4v) is 2.51. The third kappa shape index (κ3) is 2.30. The van der Waals surface area contributed by atoms with Crippen LogP contribution in [0.1, 0.15) is 22.5 Å². The van der Waals surface area contributed by atoms with E-state index >= 15 is 0 Å². The Morgan fingerprint density at radius 2 is 2.14 bits per heavy atom. The van der Waals surface area contributed by atoms with Gasteiger partial charge in [-0.05, 0) is 30.3 Å². The predicted octanol–water partition coefficient (Wildman–Crippen LogP) is 2.15. The van der Waals surface area contributed by atoms with Crippen LogP contribution in [0.5, 0.6) is 0 Å². The summed E-state index contributed by atoms with van der Waals surface area (Å²) in [6.07, 6.45) is 1.10. The van der Waals surface area contributed by atoms with Gasteiger partial charge in [-0.2, -0.15) is 0 Å². The van der Waals surface area contributed by atoms with Crippen molar-refractivity contribution in [2.24, 2.45) is 0 Å². The Bertz CT molecular complexity index is 733. The lowest BCUT2D eigenvalue weighted by Crippen LogP contribution is -2.36. The van der Waals surface area contributed by atoms with Gasteiger partial charge < -0.3 is 10.4 Å². The maximum atomic E-state index is 12.2. The van der Waals surface area contributed by atoms with Gasteiger partial charge in [-0.3, -0.25) is 14.6 Å². The summed E-state index contributed by atoms with van der Waals surface area (Å²) in [5, 5.41) is 13.6. The van der Waals surface area contributed by atoms with Crippen molar-refractivity contribution in [3.8, 4) is 0 Å². The zero-order valence-corrected chi connectivity index (χ0v) is 11.6. The summed E-state index contributed by atoms with van der Waals surface area (Å²) in [4.78, 5) is 28.2. The maximum absolute atomic E-state index is 12.2. The fourth-order valence-electron chi connectivity index (χ4n) is 2.34. The molecule has 0 bridgehead atoms. The van der Waals surface area contributed by atoms with Crippen molar-refractivity contribution in [1.29, 1.82) is 0 Å². The van der Waals surface area contributed by atoms with Gasteiger partial charge >= 0.3 is 0 Å². The minimum Gasteiger partial charge on any atom is -0.375 e. The fraction of sp³-hybridized carbons (Fsp3) is 0.133. The lowest BCUT2D eigenvalue weighted by molar-refractivity contribution is -0.133. The molecule has 1 aromatic carbocycles. The molecule has 106 valence electrons. The minimum atomic E-state index is -1.92. The molecule has 1 atom stereocenters. The lowest BCUT2D eigenvalue weighted by atomic mass is 9.89. The second kappa shape index (κ2) is 4.95. The predicted molar refractivity (Wildman–Crippen MR) is 77.2 cm³/mol. The molecule has 2 N–H and O–H groups in total. The number of anilines is 1. The monoisotopic (exact) mass is 302 g/mol. The van der Waals surface area contributed by atoms with Crippen molar-refractivity contribution in [1.82, 2.24) is 4.98 Å². The highest BCUT2D eigenvalue weighted by molar-refractivity contribution is 6.31. The molecule has 0 unspecified atom stereocenters. The van der Waals surface area contributed by atoms with Crippen molar-refractivity contribution in [3.05, 3.63) is 58.9 Å². The quantitative estimate of drug-likeness (QED) is 0.851. The minimum absolute atomic E-state index is 0.203. The van der Waals surface area contributed by atoms with Crippen molar-refractivity contribution in [2.75, 3.05) is 5.32 Å². The lowest BCUT2D eigenvalue weighted by Gasteiger charge is -2.19. The molecule has 1 aliphatic rings. The van der Waals surface area contributed by atoms with Gasteiger partial charge in [0.25, 0.3) is 5.91 Å². The number of nitrogens with one attached hydrogen (secondary N) is 1. The van der Waals surface area contributed by atoms with E-state index in [2.05, 4.69) is 10.3 Å². The van der Waals surface area contributed by atoms with Crippen LogP contribution in [-0.4, -0.2) is 21.8 Å². The molecule has 2 heterocycles. The number of hydrogen-bond donors (Lipinski definition) is 2. The van der Waals surface area contributed by atoms with Gasteiger partial charge in [0.05, 0.1) is 6.42 Å². The normalized spacial score (nSPS) is 20.0. The average molecular weight is 303 g/mol. The van der Waals surface area contributed by atoms with Crippen LogP contribution in [0.2, 0.25) is 5.02 Å². The summed E-state index contributed by atoms with van der Waals surface area (Å²) >= 11 is 5.90.